The maximum atomic E-state index is 13.6. The lowest BCUT2D eigenvalue weighted by Gasteiger charge is -2.28. The summed E-state index contributed by atoms with van der Waals surface area (Å²) < 4.78 is 27.2. The molecule has 1 aromatic carbocycles. The van der Waals surface area contributed by atoms with Crippen molar-refractivity contribution in [2.24, 2.45) is 0 Å². The fourth-order valence-electron chi connectivity index (χ4n) is 2.57. The molecule has 2 N–H and O–H groups in total. The predicted molar refractivity (Wildman–Crippen MR) is 76.4 cm³/mol. The van der Waals surface area contributed by atoms with E-state index in [-0.39, 0.29) is 11.6 Å². The molecule has 1 aromatic rings. The van der Waals surface area contributed by atoms with Crippen molar-refractivity contribution in [3.63, 3.8) is 0 Å². The molecule has 7 heteroatoms. The van der Waals surface area contributed by atoms with Gasteiger partial charge in [0.15, 0.2) is 11.6 Å². The van der Waals surface area contributed by atoms with Gasteiger partial charge in [-0.1, -0.05) is 24.4 Å². The monoisotopic (exact) mass is 318 g/mol. The fraction of sp³-hybridized carbons (Fsp3) is 0.500. The van der Waals surface area contributed by atoms with Gasteiger partial charge in [0.1, 0.15) is 5.69 Å². The Kier molecular flexibility index (Phi) is 4.68. The van der Waals surface area contributed by atoms with Gasteiger partial charge in [0.05, 0.1) is 12.1 Å². The summed E-state index contributed by atoms with van der Waals surface area (Å²) in [5.74, 6) is -1.89. The molecule has 0 spiro atoms. The lowest BCUT2D eigenvalue weighted by Crippen LogP contribution is -2.43. The molecule has 4 nitrogen and oxygen atoms in total. The summed E-state index contributed by atoms with van der Waals surface area (Å²) in [5, 5.41) is 12.3. The molecule has 0 aromatic heterocycles. The van der Waals surface area contributed by atoms with E-state index >= 15 is 0 Å². The molecule has 2 amide bonds. The summed E-state index contributed by atoms with van der Waals surface area (Å²) in [7, 11) is 1.47. The Balaban J connectivity index is 2.04. The quantitative estimate of drug-likeness (QED) is 0.897. The average molecular weight is 319 g/mol. The van der Waals surface area contributed by atoms with Gasteiger partial charge in [-0.3, -0.25) is 0 Å². The molecule has 21 heavy (non-hydrogen) atoms. The number of urea groups is 1. The summed E-state index contributed by atoms with van der Waals surface area (Å²) in [6.07, 6.45) is 3.06. The van der Waals surface area contributed by atoms with Crippen molar-refractivity contribution in [1.82, 2.24) is 4.90 Å². The molecule has 1 aliphatic carbocycles. The third kappa shape index (κ3) is 3.83. The van der Waals surface area contributed by atoms with Gasteiger partial charge in [-0.15, -0.1) is 0 Å². The van der Waals surface area contributed by atoms with E-state index in [1.807, 2.05) is 0 Å². The first kappa shape index (κ1) is 16.0. The predicted octanol–water partition coefficient (Wildman–Crippen LogP) is 3.39. The molecule has 0 atom stereocenters. The standard InChI is InChI=1S/C14H17ClF2N2O2/c1-19(8-14(21)4-2-3-5-14)13(20)18-12-10(16)6-9(15)7-11(12)17/h6-7,21H,2-5,8H2,1H3,(H,18,20). The summed E-state index contributed by atoms with van der Waals surface area (Å²) in [5.41, 5.74) is -1.46. The normalized spacial score (nSPS) is 16.8. The van der Waals surface area contributed by atoms with E-state index in [2.05, 4.69) is 5.32 Å². The van der Waals surface area contributed by atoms with Crippen molar-refractivity contribution < 1.29 is 18.7 Å². The van der Waals surface area contributed by atoms with Gasteiger partial charge in [0.25, 0.3) is 0 Å². The Bertz CT molecular complexity index is 525. The minimum Gasteiger partial charge on any atom is -0.388 e. The zero-order chi connectivity index (χ0) is 15.6. The van der Waals surface area contributed by atoms with Crippen molar-refractivity contribution in [2.45, 2.75) is 31.3 Å². The van der Waals surface area contributed by atoms with Crippen molar-refractivity contribution in [1.29, 1.82) is 0 Å². The Morgan fingerprint density at radius 3 is 2.43 bits per heavy atom. The van der Waals surface area contributed by atoms with Crippen LogP contribution in [0, 0.1) is 11.6 Å². The minimum atomic E-state index is -0.943. The maximum Gasteiger partial charge on any atom is 0.321 e. The third-order valence-electron chi connectivity index (χ3n) is 3.65. The van der Waals surface area contributed by atoms with E-state index in [1.165, 1.54) is 11.9 Å². The van der Waals surface area contributed by atoms with Gasteiger partial charge >= 0.3 is 6.03 Å². The van der Waals surface area contributed by atoms with E-state index < -0.39 is 29.0 Å². The highest BCUT2D eigenvalue weighted by Crippen LogP contribution is 2.30. The second-order valence-corrected chi connectivity index (χ2v) is 5.90. The van der Waals surface area contributed by atoms with E-state index in [0.717, 1.165) is 25.0 Å². The first-order valence-electron chi connectivity index (χ1n) is 6.70. The first-order valence-corrected chi connectivity index (χ1v) is 7.08. The number of nitrogens with one attached hydrogen (secondary N) is 1. The van der Waals surface area contributed by atoms with Gasteiger partial charge in [0, 0.05) is 12.1 Å². The smallest absolute Gasteiger partial charge is 0.321 e. The number of anilines is 1. The van der Waals surface area contributed by atoms with Crippen LogP contribution in [0.25, 0.3) is 0 Å². The molecule has 1 saturated carbocycles. The molecule has 0 radical (unpaired) electrons. The molecule has 0 unspecified atom stereocenters. The van der Waals surface area contributed by atoms with Crippen molar-refractivity contribution >= 4 is 23.3 Å². The van der Waals surface area contributed by atoms with Crippen LogP contribution in [-0.4, -0.2) is 35.2 Å². The van der Waals surface area contributed by atoms with Gasteiger partial charge in [-0.05, 0) is 25.0 Å². The molecule has 0 heterocycles. The van der Waals surface area contributed by atoms with Gasteiger partial charge in [-0.2, -0.15) is 0 Å². The summed E-state index contributed by atoms with van der Waals surface area (Å²) in [6, 6.07) is 1.16. The van der Waals surface area contributed by atoms with Crippen LogP contribution in [0.4, 0.5) is 19.3 Å². The fourth-order valence-corrected chi connectivity index (χ4v) is 2.76. The second kappa shape index (κ2) is 6.15. The first-order chi connectivity index (χ1) is 9.81. The highest BCUT2D eigenvalue weighted by atomic mass is 35.5. The van der Waals surface area contributed by atoms with Gasteiger partial charge in [0.2, 0.25) is 0 Å². The van der Waals surface area contributed by atoms with Crippen LogP contribution in [0.3, 0.4) is 0 Å². The molecular formula is C14H17ClF2N2O2. The number of carbonyl (C=O) groups is 1. The number of carbonyl (C=O) groups excluding carboxylic acids is 1. The molecule has 0 aliphatic heterocycles. The SMILES string of the molecule is CN(CC1(O)CCCC1)C(=O)Nc1c(F)cc(Cl)cc1F. The van der Waals surface area contributed by atoms with Crippen LogP contribution in [0.5, 0.6) is 0 Å². The Morgan fingerprint density at radius 1 is 1.38 bits per heavy atom. The number of aliphatic hydroxyl groups is 1. The molecule has 116 valence electrons. The van der Waals surface area contributed by atoms with Crippen LogP contribution in [-0.2, 0) is 0 Å². The topological polar surface area (TPSA) is 52.6 Å². The third-order valence-corrected chi connectivity index (χ3v) is 3.87. The summed E-state index contributed by atoms with van der Waals surface area (Å²) in [4.78, 5) is 13.2. The van der Waals surface area contributed by atoms with Crippen LogP contribution >= 0.6 is 11.6 Å². The lowest BCUT2D eigenvalue weighted by atomic mass is 10.0. The Morgan fingerprint density at radius 2 is 1.90 bits per heavy atom. The molecule has 0 bridgehead atoms. The number of hydrogen-bond acceptors (Lipinski definition) is 2. The van der Waals surface area contributed by atoms with Crippen LogP contribution in [0.1, 0.15) is 25.7 Å². The molecule has 2 rings (SSSR count). The van der Waals surface area contributed by atoms with Crippen molar-refractivity contribution in [3.05, 3.63) is 28.8 Å². The summed E-state index contributed by atoms with van der Waals surface area (Å²) in [6.45, 7) is 0.121. The van der Waals surface area contributed by atoms with Crippen molar-refractivity contribution in [2.75, 3.05) is 18.9 Å². The number of benzene rings is 1. The average Bonchev–Trinajstić information content (AvgIpc) is 2.79. The van der Waals surface area contributed by atoms with E-state index in [0.29, 0.717) is 12.8 Å². The number of likely N-dealkylation sites (N-methyl/N-ethyl adjacent to an activating group) is 1. The highest BCUT2D eigenvalue weighted by molar-refractivity contribution is 6.30. The second-order valence-electron chi connectivity index (χ2n) is 5.46. The van der Waals surface area contributed by atoms with Gasteiger partial charge < -0.3 is 15.3 Å². The Hall–Kier alpha value is -1.40. The largest absolute Gasteiger partial charge is 0.388 e. The zero-order valence-corrected chi connectivity index (χ0v) is 12.4. The molecule has 0 saturated heterocycles. The van der Waals surface area contributed by atoms with E-state index in [1.54, 1.807) is 0 Å². The van der Waals surface area contributed by atoms with Crippen molar-refractivity contribution in [3.8, 4) is 0 Å². The number of hydrogen-bond donors (Lipinski definition) is 2. The molecular weight excluding hydrogens is 302 g/mol. The van der Waals surface area contributed by atoms with Crippen LogP contribution in [0.15, 0.2) is 12.1 Å². The van der Waals surface area contributed by atoms with Crippen LogP contribution < -0.4 is 5.32 Å². The highest BCUT2D eigenvalue weighted by Gasteiger charge is 2.33. The number of halogens is 3. The van der Waals surface area contributed by atoms with E-state index in [9.17, 15) is 18.7 Å². The number of rotatable bonds is 3. The van der Waals surface area contributed by atoms with E-state index in [4.69, 9.17) is 11.6 Å². The Labute approximate surface area is 126 Å². The number of nitrogens with zero attached hydrogens (tertiary/aromatic N) is 1. The molecule has 1 aliphatic rings. The number of amides is 2. The lowest BCUT2D eigenvalue weighted by molar-refractivity contribution is 0.0261. The minimum absolute atomic E-state index is 0.0865. The zero-order valence-electron chi connectivity index (χ0n) is 11.6. The van der Waals surface area contributed by atoms with Crippen LogP contribution in [0.2, 0.25) is 5.02 Å². The van der Waals surface area contributed by atoms with Gasteiger partial charge in [-0.25, -0.2) is 13.6 Å². The maximum absolute atomic E-state index is 13.6. The molecule has 1 fully saturated rings. The summed E-state index contributed by atoms with van der Waals surface area (Å²) >= 11 is 5.52.